The topological polar surface area (TPSA) is 0 Å². The minimum absolute atomic E-state index is 1.10. The van der Waals surface area contributed by atoms with Crippen LogP contribution >= 0.6 is 12.6 Å². The van der Waals surface area contributed by atoms with E-state index in [-0.39, 0.29) is 0 Å². The van der Waals surface area contributed by atoms with Crippen LogP contribution in [0.25, 0.3) is 0 Å². The first-order chi connectivity index (χ1) is 8.90. The smallest absolute Gasteiger partial charge is 0.00951 e. The van der Waals surface area contributed by atoms with Gasteiger partial charge in [-0.15, -0.1) is 0 Å². The molecule has 0 aromatic heterocycles. The van der Waals surface area contributed by atoms with Crippen LogP contribution in [0.4, 0.5) is 0 Å². The summed E-state index contributed by atoms with van der Waals surface area (Å²) in [5, 5.41) is 0. The highest BCUT2D eigenvalue weighted by Crippen LogP contribution is 2.74. The van der Waals surface area contributed by atoms with Gasteiger partial charge in [-0.2, -0.15) is 12.6 Å². The van der Waals surface area contributed by atoms with Crippen molar-refractivity contribution in [3.8, 4) is 0 Å². The number of fused-ring (bicyclic) bond motifs is 12. The zero-order valence-electron chi connectivity index (χ0n) is 11.3. The average molecular weight is 262 g/mol. The van der Waals surface area contributed by atoms with Crippen LogP contribution in [0.2, 0.25) is 0 Å². The second-order valence-corrected chi connectivity index (χ2v) is 8.51. The molecule has 5 fully saturated rings. The number of thiol groups is 1. The molecule has 18 heavy (non-hydrogen) atoms. The fourth-order valence-corrected chi connectivity index (χ4v) is 8.37. The van der Waals surface area contributed by atoms with Crippen molar-refractivity contribution in [2.45, 2.75) is 44.9 Å². The lowest BCUT2D eigenvalue weighted by Crippen LogP contribution is -2.35. The van der Waals surface area contributed by atoms with Gasteiger partial charge in [0, 0.05) is 0 Å². The van der Waals surface area contributed by atoms with Crippen LogP contribution < -0.4 is 0 Å². The quantitative estimate of drug-likeness (QED) is 0.558. The highest BCUT2D eigenvalue weighted by molar-refractivity contribution is 7.80. The molecule has 0 aliphatic heterocycles. The Labute approximate surface area is 117 Å². The summed E-state index contributed by atoms with van der Waals surface area (Å²) in [7, 11) is 0. The van der Waals surface area contributed by atoms with Crippen molar-refractivity contribution in [1.29, 1.82) is 0 Å². The van der Waals surface area contributed by atoms with E-state index in [1.165, 1.54) is 41.9 Å². The van der Waals surface area contributed by atoms with Gasteiger partial charge in [0.05, 0.1) is 0 Å². The lowest BCUT2D eigenvalue weighted by atomic mass is 9.64. The van der Waals surface area contributed by atoms with E-state index in [1.54, 1.807) is 38.5 Å². The van der Waals surface area contributed by atoms with Gasteiger partial charge in [0.25, 0.3) is 0 Å². The van der Waals surface area contributed by atoms with Crippen molar-refractivity contribution in [3.63, 3.8) is 0 Å². The standard InChI is InChI=1S/C17H26S/c18-7-6-11-12-4-5-13(11)17-15-8-14(16(12)17)9-2-1-3-10(9)15/h9-18H,1-8H2. The molecule has 0 nitrogen and oxygen atoms in total. The van der Waals surface area contributed by atoms with Crippen LogP contribution in [0.5, 0.6) is 0 Å². The summed E-state index contributed by atoms with van der Waals surface area (Å²) in [5.74, 6) is 11.7. The monoisotopic (exact) mass is 262 g/mol. The van der Waals surface area contributed by atoms with Gasteiger partial charge in [-0.3, -0.25) is 0 Å². The molecule has 5 saturated carbocycles. The maximum atomic E-state index is 4.54. The molecule has 100 valence electrons. The van der Waals surface area contributed by atoms with Gasteiger partial charge in [-0.05, 0) is 97.5 Å². The first-order valence-corrected chi connectivity index (χ1v) is 9.14. The van der Waals surface area contributed by atoms with Crippen molar-refractivity contribution in [2.75, 3.05) is 5.75 Å². The molecule has 0 N–H and O–H groups in total. The molecule has 5 rings (SSSR count). The summed E-state index contributed by atoms with van der Waals surface area (Å²) in [6.07, 6.45) is 11.0. The minimum atomic E-state index is 1.10. The highest BCUT2D eigenvalue weighted by atomic mass is 32.1. The van der Waals surface area contributed by atoms with Gasteiger partial charge >= 0.3 is 0 Å². The Kier molecular flexibility index (Phi) is 2.28. The molecular formula is C17H26S. The third kappa shape index (κ3) is 1.13. The molecule has 0 spiro atoms. The summed E-state index contributed by atoms with van der Waals surface area (Å²) in [5.41, 5.74) is 0. The van der Waals surface area contributed by atoms with Gasteiger partial charge in [-0.25, -0.2) is 0 Å². The first-order valence-electron chi connectivity index (χ1n) is 8.51. The maximum Gasteiger partial charge on any atom is -0.00951 e. The highest BCUT2D eigenvalue weighted by Gasteiger charge is 2.68. The summed E-state index contributed by atoms with van der Waals surface area (Å²) in [4.78, 5) is 0. The van der Waals surface area contributed by atoms with E-state index in [0.717, 1.165) is 23.5 Å². The van der Waals surface area contributed by atoms with Crippen LogP contribution in [0, 0.1) is 53.3 Å². The molecular weight excluding hydrogens is 236 g/mol. The zero-order valence-corrected chi connectivity index (χ0v) is 12.2. The molecule has 5 aliphatic rings. The number of hydrogen-bond acceptors (Lipinski definition) is 1. The van der Waals surface area contributed by atoms with Gasteiger partial charge in [0.2, 0.25) is 0 Å². The molecule has 4 bridgehead atoms. The molecule has 0 radical (unpaired) electrons. The fraction of sp³-hybridized carbons (Fsp3) is 1.00. The average Bonchev–Trinajstić information content (AvgIpc) is 3.11. The van der Waals surface area contributed by atoms with Crippen molar-refractivity contribution < 1.29 is 0 Å². The summed E-state index contributed by atoms with van der Waals surface area (Å²) in [6, 6.07) is 0. The predicted octanol–water partition coefficient (Wildman–Crippen LogP) is 4.26. The lowest BCUT2D eigenvalue weighted by molar-refractivity contribution is 0.0716. The molecule has 0 aromatic rings. The van der Waals surface area contributed by atoms with E-state index in [4.69, 9.17) is 0 Å². The summed E-state index contributed by atoms with van der Waals surface area (Å²) >= 11 is 4.54. The van der Waals surface area contributed by atoms with E-state index in [0.29, 0.717) is 0 Å². The van der Waals surface area contributed by atoms with Crippen LogP contribution in [-0.2, 0) is 0 Å². The Bertz CT molecular complexity index is 335. The first kappa shape index (κ1) is 11.1. The molecule has 8 unspecified atom stereocenters. The maximum absolute atomic E-state index is 4.54. The molecule has 1 heteroatoms. The largest absolute Gasteiger partial charge is 0.179 e. The van der Waals surface area contributed by atoms with Crippen molar-refractivity contribution in [3.05, 3.63) is 0 Å². The second-order valence-electron chi connectivity index (χ2n) is 8.06. The predicted molar refractivity (Wildman–Crippen MR) is 77.6 cm³/mol. The van der Waals surface area contributed by atoms with Crippen LogP contribution in [0.3, 0.4) is 0 Å². The summed E-state index contributed by atoms with van der Waals surface area (Å²) in [6.45, 7) is 0. The third-order valence-electron chi connectivity index (χ3n) is 8.09. The van der Waals surface area contributed by atoms with Gasteiger partial charge in [-0.1, -0.05) is 6.42 Å². The number of hydrogen-bond donors (Lipinski definition) is 1. The molecule has 0 heterocycles. The zero-order chi connectivity index (χ0) is 11.9. The fourth-order valence-electron chi connectivity index (χ4n) is 8.07. The van der Waals surface area contributed by atoms with E-state index in [2.05, 4.69) is 12.6 Å². The van der Waals surface area contributed by atoms with Gasteiger partial charge in [0.1, 0.15) is 0 Å². The summed E-state index contributed by atoms with van der Waals surface area (Å²) < 4.78 is 0. The second kappa shape index (κ2) is 3.71. The molecule has 8 atom stereocenters. The van der Waals surface area contributed by atoms with Crippen LogP contribution in [-0.4, -0.2) is 5.75 Å². The van der Waals surface area contributed by atoms with Crippen molar-refractivity contribution >= 4 is 12.6 Å². The van der Waals surface area contributed by atoms with E-state index in [9.17, 15) is 0 Å². The Hall–Kier alpha value is 0.350. The van der Waals surface area contributed by atoms with E-state index >= 15 is 0 Å². The third-order valence-corrected chi connectivity index (χ3v) is 8.34. The van der Waals surface area contributed by atoms with Gasteiger partial charge in [0.15, 0.2) is 0 Å². The van der Waals surface area contributed by atoms with Crippen LogP contribution in [0.15, 0.2) is 0 Å². The Morgan fingerprint density at radius 3 is 1.89 bits per heavy atom. The molecule has 0 saturated heterocycles. The molecule has 5 aliphatic carbocycles. The van der Waals surface area contributed by atoms with Crippen molar-refractivity contribution in [2.24, 2.45) is 53.3 Å². The number of rotatable bonds is 2. The SMILES string of the molecule is SCCC1C2CCC1C1C3CC(C4CCCC43)C21. The van der Waals surface area contributed by atoms with Gasteiger partial charge < -0.3 is 0 Å². The minimum Gasteiger partial charge on any atom is -0.179 e. The Balaban J connectivity index is 1.50. The van der Waals surface area contributed by atoms with E-state index < -0.39 is 0 Å². The Morgan fingerprint density at radius 1 is 0.722 bits per heavy atom. The molecule has 0 amide bonds. The van der Waals surface area contributed by atoms with Crippen LogP contribution in [0.1, 0.15) is 44.9 Å². The van der Waals surface area contributed by atoms with Crippen molar-refractivity contribution in [1.82, 2.24) is 0 Å². The normalized spacial score (nSPS) is 63.5. The lowest BCUT2D eigenvalue weighted by Gasteiger charge is -2.40. The van der Waals surface area contributed by atoms with E-state index in [1.807, 2.05) is 0 Å². The Morgan fingerprint density at radius 2 is 1.33 bits per heavy atom. The molecule has 0 aromatic carbocycles.